The van der Waals surface area contributed by atoms with Gasteiger partial charge in [0.2, 0.25) is 5.95 Å². The van der Waals surface area contributed by atoms with Gasteiger partial charge in [-0.15, -0.1) is 0 Å². The van der Waals surface area contributed by atoms with Crippen molar-refractivity contribution in [3.8, 4) is 0 Å². The van der Waals surface area contributed by atoms with E-state index in [0.717, 1.165) is 38.3 Å². The summed E-state index contributed by atoms with van der Waals surface area (Å²) in [5, 5.41) is 3.35. The normalized spacial score (nSPS) is 18.7. The van der Waals surface area contributed by atoms with Gasteiger partial charge in [-0.2, -0.15) is 4.39 Å². The number of hydrogen-bond acceptors (Lipinski definition) is 3. The highest BCUT2D eigenvalue weighted by Gasteiger charge is 2.08. The minimum Gasteiger partial charge on any atom is -0.315 e. The summed E-state index contributed by atoms with van der Waals surface area (Å²) in [5.74, 6) is -0.406. The van der Waals surface area contributed by atoms with Crippen molar-refractivity contribution in [2.75, 3.05) is 26.2 Å². The van der Waals surface area contributed by atoms with Crippen LogP contribution in [0.1, 0.15) is 12.0 Å². The van der Waals surface area contributed by atoms with Crippen molar-refractivity contribution in [2.24, 2.45) is 0 Å². The second-order valence-electron chi connectivity index (χ2n) is 3.87. The molecule has 0 radical (unpaired) electrons. The summed E-state index contributed by atoms with van der Waals surface area (Å²) in [6.07, 6.45) is 2.79. The molecule has 2 rings (SSSR count). The van der Waals surface area contributed by atoms with Gasteiger partial charge in [-0.3, -0.25) is 4.90 Å². The predicted octanol–water partition coefficient (Wildman–Crippen LogP) is 1.02. The van der Waals surface area contributed by atoms with E-state index in [0.29, 0.717) is 0 Å². The van der Waals surface area contributed by atoms with Gasteiger partial charge in [0.05, 0.1) is 0 Å². The molecule has 1 aromatic heterocycles. The third kappa shape index (κ3) is 3.25. The van der Waals surface area contributed by atoms with E-state index in [9.17, 15) is 4.39 Å². The number of halogens is 1. The van der Waals surface area contributed by atoms with E-state index in [1.54, 1.807) is 12.3 Å². The predicted molar refractivity (Wildman–Crippen MR) is 57.0 cm³/mol. The van der Waals surface area contributed by atoms with Crippen LogP contribution in [-0.4, -0.2) is 36.1 Å². The Hall–Kier alpha value is -1.00. The first-order valence-electron chi connectivity index (χ1n) is 5.38. The van der Waals surface area contributed by atoms with Crippen molar-refractivity contribution in [3.05, 3.63) is 29.8 Å². The van der Waals surface area contributed by atoms with Gasteiger partial charge >= 0.3 is 0 Å². The molecule has 82 valence electrons. The Morgan fingerprint density at radius 1 is 1.33 bits per heavy atom. The van der Waals surface area contributed by atoms with Crippen LogP contribution in [0.2, 0.25) is 0 Å². The molecule has 4 heteroatoms. The van der Waals surface area contributed by atoms with Gasteiger partial charge in [0, 0.05) is 25.8 Å². The number of nitrogens with zero attached hydrogens (tertiary/aromatic N) is 2. The van der Waals surface area contributed by atoms with Crippen molar-refractivity contribution >= 4 is 0 Å². The lowest BCUT2D eigenvalue weighted by Crippen LogP contribution is -2.27. The summed E-state index contributed by atoms with van der Waals surface area (Å²) >= 11 is 0. The number of hydrogen-bond donors (Lipinski definition) is 1. The molecule has 1 aromatic rings. The zero-order valence-electron chi connectivity index (χ0n) is 8.75. The smallest absolute Gasteiger partial charge is 0.212 e. The Balaban J connectivity index is 1.92. The molecule has 0 aromatic carbocycles. The highest BCUT2D eigenvalue weighted by atomic mass is 19.1. The maximum Gasteiger partial charge on any atom is 0.212 e. The molecular weight excluding hydrogens is 193 g/mol. The van der Waals surface area contributed by atoms with Gasteiger partial charge in [0.1, 0.15) is 0 Å². The van der Waals surface area contributed by atoms with E-state index in [1.165, 1.54) is 12.5 Å². The van der Waals surface area contributed by atoms with Crippen molar-refractivity contribution < 1.29 is 4.39 Å². The van der Waals surface area contributed by atoms with Crippen LogP contribution in [0.4, 0.5) is 4.39 Å². The molecule has 0 spiro atoms. The zero-order chi connectivity index (χ0) is 10.5. The van der Waals surface area contributed by atoms with Gasteiger partial charge in [-0.1, -0.05) is 6.07 Å². The zero-order valence-corrected chi connectivity index (χ0v) is 8.75. The van der Waals surface area contributed by atoms with E-state index in [4.69, 9.17) is 0 Å². The van der Waals surface area contributed by atoms with Crippen molar-refractivity contribution in [3.63, 3.8) is 0 Å². The molecule has 1 aliphatic heterocycles. The maximum atomic E-state index is 12.6. The van der Waals surface area contributed by atoms with Crippen LogP contribution in [0.25, 0.3) is 0 Å². The van der Waals surface area contributed by atoms with E-state index in [-0.39, 0.29) is 0 Å². The molecule has 0 amide bonds. The maximum absolute atomic E-state index is 12.6. The Morgan fingerprint density at radius 2 is 2.27 bits per heavy atom. The molecule has 1 aliphatic rings. The summed E-state index contributed by atoms with van der Waals surface area (Å²) in [6, 6.07) is 3.23. The van der Waals surface area contributed by atoms with Gasteiger partial charge in [0.15, 0.2) is 0 Å². The summed E-state index contributed by atoms with van der Waals surface area (Å²) in [4.78, 5) is 6.03. The molecule has 1 fully saturated rings. The van der Waals surface area contributed by atoms with E-state index in [1.807, 2.05) is 0 Å². The molecule has 1 N–H and O–H groups in total. The second kappa shape index (κ2) is 5.19. The lowest BCUT2D eigenvalue weighted by molar-refractivity contribution is 0.284. The van der Waals surface area contributed by atoms with Crippen LogP contribution >= 0.6 is 0 Å². The van der Waals surface area contributed by atoms with Crippen LogP contribution < -0.4 is 5.32 Å². The summed E-state index contributed by atoms with van der Waals surface area (Å²) < 4.78 is 12.6. The molecule has 0 saturated carbocycles. The van der Waals surface area contributed by atoms with E-state index in [2.05, 4.69) is 15.2 Å². The van der Waals surface area contributed by atoms with Gasteiger partial charge in [-0.25, -0.2) is 4.98 Å². The summed E-state index contributed by atoms with van der Waals surface area (Å²) in [5.41, 5.74) is 1.08. The molecule has 0 bridgehead atoms. The number of pyridine rings is 1. The van der Waals surface area contributed by atoms with Gasteiger partial charge in [-0.05, 0) is 31.1 Å². The standard InChI is InChI=1S/C11H16FN3/c12-11-3-2-10(8-14-11)9-15-6-1-4-13-5-7-15/h2-3,8,13H,1,4-7,9H2. The first kappa shape index (κ1) is 10.5. The first-order valence-corrected chi connectivity index (χ1v) is 5.38. The molecule has 0 unspecified atom stereocenters. The Bertz CT molecular complexity index is 291. The van der Waals surface area contributed by atoms with Crippen LogP contribution in [0.5, 0.6) is 0 Å². The fourth-order valence-electron chi connectivity index (χ4n) is 1.82. The molecule has 0 aliphatic carbocycles. The fourth-order valence-corrected chi connectivity index (χ4v) is 1.82. The van der Waals surface area contributed by atoms with Crippen LogP contribution in [0.15, 0.2) is 18.3 Å². The highest BCUT2D eigenvalue weighted by molar-refractivity contribution is 5.09. The van der Waals surface area contributed by atoms with Crippen molar-refractivity contribution in [1.29, 1.82) is 0 Å². The van der Waals surface area contributed by atoms with E-state index >= 15 is 0 Å². The van der Waals surface area contributed by atoms with Crippen LogP contribution in [-0.2, 0) is 6.54 Å². The van der Waals surface area contributed by atoms with E-state index < -0.39 is 5.95 Å². The lowest BCUT2D eigenvalue weighted by atomic mass is 10.2. The topological polar surface area (TPSA) is 28.2 Å². The number of nitrogens with one attached hydrogen (secondary N) is 1. The second-order valence-corrected chi connectivity index (χ2v) is 3.87. The first-order chi connectivity index (χ1) is 7.34. The van der Waals surface area contributed by atoms with Crippen LogP contribution in [0.3, 0.4) is 0 Å². The van der Waals surface area contributed by atoms with Crippen molar-refractivity contribution in [1.82, 2.24) is 15.2 Å². The number of aromatic nitrogens is 1. The van der Waals surface area contributed by atoms with Crippen LogP contribution in [0, 0.1) is 5.95 Å². The Kier molecular flexibility index (Phi) is 3.64. The fraction of sp³-hybridized carbons (Fsp3) is 0.545. The minimum atomic E-state index is -0.406. The molecule has 2 heterocycles. The SMILES string of the molecule is Fc1ccc(CN2CCCNCC2)cn1. The Morgan fingerprint density at radius 3 is 3.07 bits per heavy atom. The van der Waals surface area contributed by atoms with Crippen molar-refractivity contribution in [2.45, 2.75) is 13.0 Å². The average molecular weight is 209 g/mol. The molecule has 15 heavy (non-hydrogen) atoms. The molecule has 3 nitrogen and oxygen atoms in total. The minimum absolute atomic E-state index is 0.406. The third-order valence-electron chi connectivity index (χ3n) is 2.63. The summed E-state index contributed by atoms with van der Waals surface area (Å²) in [7, 11) is 0. The lowest BCUT2D eigenvalue weighted by Gasteiger charge is -2.18. The Labute approximate surface area is 89.3 Å². The van der Waals surface area contributed by atoms with Gasteiger partial charge in [0.25, 0.3) is 0 Å². The quantitative estimate of drug-likeness (QED) is 0.737. The summed E-state index contributed by atoms with van der Waals surface area (Å²) in [6.45, 7) is 5.16. The average Bonchev–Trinajstić information content (AvgIpc) is 2.50. The van der Waals surface area contributed by atoms with Gasteiger partial charge < -0.3 is 5.32 Å². The monoisotopic (exact) mass is 209 g/mol. The number of rotatable bonds is 2. The molecule has 1 saturated heterocycles. The third-order valence-corrected chi connectivity index (χ3v) is 2.63. The molecular formula is C11H16FN3. The highest BCUT2D eigenvalue weighted by Crippen LogP contribution is 2.05. The molecule has 0 atom stereocenters. The largest absolute Gasteiger partial charge is 0.315 e.